The van der Waals surface area contributed by atoms with Crippen molar-refractivity contribution in [1.82, 2.24) is 16.0 Å². The van der Waals surface area contributed by atoms with Gasteiger partial charge in [-0.3, -0.25) is 4.79 Å². The van der Waals surface area contributed by atoms with Crippen LogP contribution in [0.15, 0.2) is 24.3 Å². The Kier molecular flexibility index (Phi) is 5.95. The predicted molar refractivity (Wildman–Crippen MR) is 86.6 cm³/mol. The van der Waals surface area contributed by atoms with Crippen LogP contribution in [-0.4, -0.2) is 42.8 Å². The van der Waals surface area contributed by atoms with Gasteiger partial charge in [-0.1, -0.05) is 29.8 Å². The molecule has 0 aliphatic carbocycles. The Morgan fingerprint density at radius 2 is 2.22 bits per heavy atom. The molecule has 0 saturated carbocycles. The molecule has 126 valence electrons. The molecular weight excluding hydrogens is 296 g/mol. The molecule has 0 bridgehead atoms. The summed E-state index contributed by atoms with van der Waals surface area (Å²) in [5.74, 6) is -0.176. The maximum atomic E-state index is 12.2. The molecular formula is C16H24N4O3. The number of nitrogens with one attached hydrogen (secondary N) is 3. The first kappa shape index (κ1) is 17.2. The first-order valence-electron chi connectivity index (χ1n) is 7.73. The van der Waals surface area contributed by atoms with Gasteiger partial charge in [0.05, 0.1) is 18.6 Å². The number of aryl methyl sites for hydroxylation is 1. The Hall–Kier alpha value is -2.12. The fraction of sp³-hybridized carbons (Fsp3) is 0.500. The first-order valence-corrected chi connectivity index (χ1v) is 7.73. The van der Waals surface area contributed by atoms with Crippen LogP contribution in [-0.2, 0) is 4.79 Å². The highest BCUT2D eigenvalue weighted by molar-refractivity contribution is 5.78. The normalized spacial score (nSPS) is 21.7. The van der Waals surface area contributed by atoms with Gasteiger partial charge in [0.2, 0.25) is 5.91 Å². The van der Waals surface area contributed by atoms with Crippen molar-refractivity contribution in [3.8, 4) is 0 Å². The molecule has 0 spiro atoms. The number of hydrogen-bond acceptors (Lipinski definition) is 4. The maximum Gasteiger partial charge on any atom is 0.312 e. The van der Waals surface area contributed by atoms with Gasteiger partial charge in [-0.25, -0.2) is 4.79 Å². The maximum absolute atomic E-state index is 12.2. The van der Waals surface area contributed by atoms with Crippen LogP contribution in [0.5, 0.6) is 0 Å². The number of carbonyl (C=O) groups excluding carboxylic acids is 2. The van der Waals surface area contributed by atoms with Crippen molar-refractivity contribution in [2.24, 2.45) is 11.7 Å². The monoisotopic (exact) mass is 320 g/mol. The Morgan fingerprint density at radius 1 is 1.43 bits per heavy atom. The van der Waals surface area contributed by atoms with Crippen molar-refractivity contribution in [2.75, 3.05) is 19.6 Å². The molecule has 1 aliphatic rings. The number of nitrogens with two attached hydrogens (primary N) is 1. The average molecular weight is 320 g/mol. The number of primary amides is 1. The van der Waals surface area contributed by atoms with Gasteiger partial charge >= 0.3 is 6.03 Å². The van der Waals surface area contributed by atoms with Gasteiger partial charge in [0.1, 0.15) is 0 Å². The number of β-amino-alcohol motifs (C(OH)–C–C–N with tert-alkyl or cyclic N) is 1. The fourth-order valence-electron chi connectivity index (χ4n) is 2.74. The van der Waals surface area contributed by atoms with Crippen LogP contribution in [0.25, 0.3) is 0 Å². The van der Waals surface area contributed by atoms with E-state index in [0.29, 0.717) is 19.6 Å². The number of aliphatic hydroxyl groups excluding tert-OH is 1. The Labute approximate surface area is 135 Å². The highest BCUT2D eigenvalue weighted by Gasteiger charge is 2.25. The lowest BCUT2D eigenvalue weighted by molar-refractivity contribution is -0.121. The SMILES string of the molecule is Cc1cccc(C(CC(=O)NCC2CNCC2O)NC(N)=O)c1. The average Bonchev–Trinajstić information content (AvgIpc) is 2.89. The summed E-state index contributed by atoms with van der Waals surface area (Å²) in [5, 5.41) is 18.2. The number of carbonyl (C=O) groups is 2. The molecule has 3 atom stereocenters. The number of benzene rings is 1. The fourth-order valence-corrected chi connectivity index (χ4v) is 2.74. The number of aliphatic hydroxyl groups is 1. The summed E-state index contributed by atoms with van der Waals surface area (Å²) >= 11 is 0. The highest BCUT2D eigenvalue weighted by Crippen LogP contribution is 2.18. The third kappa shape index (κ3) is 5.22. The lowest BCUT2D eigenvalue weighted by Crippen LogP contribution is -2.39. The van der Waals surface area contributed by atoms with E-state index < -0.39 is 18.2 Å². The Balaban J connectivity index is 1.94. The number of amides is 3. The smallest absolute Gasteiger partial charge is 0.312 e. The molecule has 1 saturated heterocycles. The predicted octanol–water partition coefficient (Wildman–Crippen LogP) is -0.209. The second-order valence-electron chi connectivity index (χ2n) is 5.97. The minimum Gasteiger partial charge on any atom is -0.391 e. The quantitative estimate of drug-likeness (QED) is 0.499. The molecule has 0 radical (unpaired) electrons. The largest absolute Gasteiger partial charge is 0.391 e. The summed E-state index contributed by atoms with van der Waals surface area (Å²) in [4.78, 5) is 23.3. The van der Waals surface area contributed by atoms with Crippen LogP contribution in [0.3, 0.4) is 0 Å². The molecule has 3 unspecified atom stereocenters. The zero-order valence-electron chi connectivity index (χ0n) is 13.2. The van der Waals surface area contributed by atoms with Crippen LogP contribution < -0.4 is 21.7 Å². The van der Waals surface area contributed by atoms with Crippen LogP contribution in [0.1, 0.15) is 23.6 Å². The van der Waals surface area contributed by atoms with E-state index in [4.69, 9.17) is 5.73 Å². The Morgan fingerprint density at radius 3 is 2.83 bits per heavy atom. The topological polar surface area (TPSA) is 116 Å². The molecule has 1 aliphatic heterocycles. The van der Waals surface area contributed by atoms with Crippen molar-refractivity contribution in [2.45, 2.75) is 25.5 Å². The number of hydrogen-bond donors (Lipinski definition) is 5. The zero-order valence-corrected chi connectivity index (χ0v) is 13.2. The van der Waals surface area contributed by atoms with Crippen LogP contribution in [0.2, 0.25) is 0 Å². The molecule has 3 amide bonds. The summed E-state index contributed by atoms with van der Waals surface area (Å²) in [6, 6.07) is 6.45. The molecule has 1 heterocycles. The van der Waals surface area contributed by atoms with Crippen molar-refractivity contribution in [3.63, 3.8) is 0 Å². The van der Waals surface area contributed by atoms with Crippen molar-refractivity contribution < 1.29 is 14.7 Å². The third-order valence-electron chi connectivity index (χ3n) is 4.02. The van der Waals surface area contributed by atoms with E-state index in [1.54, 1.807) is 0 Å². The van der Waals surface area contributed by atoms with Crippen LogP contribution in [0.4, 0.5) is 4.79 Å². The van der Waals surface area contributed by atoms with Crippen LogP contribution in [0, 0.1) is 12.8 Å². The van der Waals surface area contributed by atoms with E-state index in [-0.39, 0.29) is 18.2 Å². The molecule has 6 N–H and O–H groups in total. The first-order chi connectivity index (χ1) is 11.0. The van der Waals surface area contributed by atoms with E-state index in [9.17, 15) is 14.7 Å². The summed E-state index contributed by atoms with van der Waals surface area (Å²) in [6.07, 6.45) is -0.338. The third-order valence-corrected chi connectivity index (χ3v) is 4.02. The molecule has 7 nitrogen and oxygen atoms in total. The van der Waals surface area contributed by atoms with E-state index >= 15 is 0 Å². The van der Waals surface area contributed by atoms with E-state index in [2.05, 4.69) is 16.0 Å². The summed E-state index contributed by atoms with van der Waals surface area (Å²) < 4.78 is 0. The van der Waals surface area contributed by atoms with Gasteiger partial charge in [-0.2, -0.15) is 0 Å². The number of urea groups is 1. The van der Waals surface area contributed by atoms with Gasteiger partial charge in [-0.15, -0.1) is 0 Å². The van der Waals surface area contributed by atoms with Gasteiger partial charge in [0, 0.05) is 25.6 Å². The van der Waals surface area contributed by atoms with Gasteiger partial charge in [-0.05, 0) is 12.5 Å². The lowest BCUT2D eigenvalue weighted by atomic mass is 10.0. The van der Waals surface area contributed by atoms with Crippen molar-refractivity contribution in [3.05, 3.63) is 35.4 Å². The second kappa shape index (κ2) is 7.94. The van der Waals surface area contributed by atoms with Crippen LogP contribution >= 0.6 is 0 Å². The Bertz CT molecular complexity index is 564. The van der Waals surface area contributed by atoms with Gasteiger partial charge in [0.25, 0.3) is 0 Å². The van der Waals surface area contributed by atoms with Gasteiger partial charge < -0.3 is 26.8 Å². The highest BCUT2D eigenvalue weighted by atomic mass is 16.3. The van der Waals surface area contributed by atoms with E-state index in [0.717, 1.165) is 11.1 Å². The zero-order chi connectivity index (χ0) is 16.8. The van der Waals surface area contributed by atoms with E-state index in [1.165, 1.54) is 0 Å². The van der Waals surface area contributed by atoms with Crippen molar-refractivity contribution >= 4 is 11.9 Å². The van der Waals surface area contributed by atoms with E-state index in [1.807, 2.05) is 31.2 Å². The molecule has 1 fully saturated rings. The molecule has 7 heteroatoms. The van der Waals surface area contributed by atoms with Gasteiger partial charge in [0.15, 0.2) is 0 Å². The minimum absolute atomic E-state index is 0.0143. The standard InChI is InChI=1S/C16H24N4O3/c1-10-3-2-4-11(5-10)13(20-16(17)23)6-15(22)19-8-12-7-18-9-14(12)21/h2-5,12-14,18,21H,6-9H2,1H3,(H,19,22)(H3,17,20,23). The number of rotatable bonds is 6. The summed E-state index contributed by atoms with van der Waals surface area (Å²) in [6.45, 7) is 3.58. The molecule has 1 aromatic rings. The molecule has 2 rings (SSSR count). The lowest BCUT2D eigenvalue weighted by Gasteiger charge is -2.19. The molecule has 1 aromatic carbocycles. The van der Waals surface area contributed by atoms with Crippen molar-refractivity contribution in [1.29, 1.82) is 0 Å². The summed E-state index contributed by atoms with van der Waals surface area (Å²) in [5.41, 5.74) is 7.09. The molecule has 0 aromatic heterocycles. The minimum atomic E-state index is -0.667. The molecule has 23 heavy (non-hydrogen) atoms. The second-order valence-corrected chi connectivity index (χ2v) is 5.97. The summed E-state index contributed by atoms with van der Waals surface area (Å²) in [7, 11) is 0.